The van der Waals surface area contributed by atoms with Crippen LogP contribution in [0.3, 0.4) is 0 Å². The maximum Gasteiger partial charge on any atom is 0.323 e. The molecule has 2 rings (SSSR count). The quantitative estimate of drug-likeness (QED) is 0.704. The smallest absolute Gasteiger partial charge is 0.323 e. The minimum absolute atomic E-state index is 0.0323. The maximum absolute atomic E-state index is 9.39. The van der Waals surface area contributed by atoms with Gasteiger partial charge in [-0.1, -0.05) is 0 Å². The fraction of sp³-hybridized carbons (Fsp3) is 0.727. The number of aliphatic hydroxyl groups excluding tert-OH is 1. The van der Waals surface area contributed by atoms with Gasteiger partial charge < -0.3 is 20.9 Å². The maximum atomic E-state index is 9.39. The van der Waals surface area contributed by atoms with Gasteiger partial charge in [-0.3, -0.25) is 0 Å². The highest BCUT2D eigenvalue weighted by molar-refractivity contribution is 5.36. The molecule has 1 aliphatic carbocycles. The molecule has 0 saturated heterocycles. The van der Waals surface area contributed by atoms with Gasteiger partial charge in [0.15, 0.2) is 0 Å². The summed E-state index contributed by atoms with van der Waals surface area (Å²) < 4.78 is 5.39. The number of aromatic nitrogens is 3. The van der Waals surface area contributed by atoms with Gasteiger partial charge in [-0.05, 0) is 33.1 Å². The van der Waals surface area contributed by atoms with Crippen molar-refractivity contribution in [3.8, 4) is 6.01 Å². The molecule has 1 aliphatic rings. The third kappa shape index (κ3) is 2.79. The molecule has 0 aromatic carbocycles. The Bertz CT molecular complexity index is 414. The van der Waals surface area contributed by atoms with Gasteiger partial charge in [0.2, 0.25) is 11.9 Å². The first kappa shape index (κ1) is 12.8. The van der Waals surface area contributed by atoms with Crippen LogP contribution in [0.5, 0.6) is 6.01 Å². The van der Waals surface area contributed by atoms with Crippen LogP contribution in [-0.2, 0) is 0 Å². The second-order valence-corrected chi connectivity index (χ2v) is 4.88. The van der Waals surface area contributed by atoms with Gasteiger partial charge in [0, 0.05) is 0 Å². The molecule has 0 spiro atoms. The summed E-state index contributed by atoms with van der Waals surface area (Å²) in [5.41, 5.74) is 5.29. The van der Waals surface area contributed by atoms with E-state index < -0.39 is 0 Å². The number of hydrogen-bond donors (Lipinski definition) is 3. The zero-order valence-electron chi connectivity index (χ0n) is 10.7. The first-order valence-corrected chi connectivity index (χ1v) is 6.10. The minimum atomic E-state index is -0.317. The van der Waals surface area contributed by atoms with E-state index in [4.69, 9.17) is 10.5 Å². The summed E-state index contributed by atoms with van der Waals surface area (Å²) >= 11 is 0. The van der Waals surface area contributed by atoms with Crippen molar-refractivity contribution in [3.63, 3.8) is 0 Å². The van der Waals surface area contributed by atoms with E-state index in [1.165, 1.54) is 0 Å². The summed E-state index contributed by atoms with van der Waals surface area (Å²) in [5, 5.41) is 12.5. The molecule has 0 bridgehead atoms. The predicted octanol–water partition coefficient (Wildman–Crippen LogP) is 0.568. The number of nitrogens with zero attached hydrogens (tertiary/aromatic N) is 3. The van der Waals surface area contributed by atoms with E-state index in [2.05, 4.69) is 20.3 Å². The van der Waals surface area contributed by atoms with Crippen LogP contribution in [0.4, 0.5) is 11.9 Å². The van der Waals surface area contributed by atoms with E-state index in [-0.39, 0.29) is 30.2 Å². The molecule has 1 saturated carbocycles. The Labute approximate surface area is 106 Å². The Morgan fingerprint density at radius 2 is 2.11 bits per heavy atom. The molecular formula is C11H19N5O2. The molecule has 0 atom stereocenters. The van der Waals surface area contributed by atoms with E-state index >= 15 is 0 Å². The van der Waals surface area contributed by atoms with Crippen molar-refractivity contribution in [2.75, 3.05) is 17.7 Å². The number of ether oxygens (including phenoxy) is 1. The van der Waals surface area contributed by atoms with Gasteiger partial charge in [-0.25, -0.2) is 0 Å². The highest BCUT2D eigenvalue weighted by Crippen LogP contribution is 2.34. The first-order valence-electron chi connectivity index (χ1n) is 6.10. The van der Waals surface area contributed by atoms with Gasteiger partial charge >= 0.3 is 6.01 Å². The molecule has 1 heterocycles. The van der Waals surface area contributed by atoms with Crippen molar-refractivity contribution in [1.29, 1.82) is 0 Å². The monoisotopic (exact) mass is 253 g/mol. The van der Waals surface area contributed by atoms with Crippen LogP contribution in [-0.4, -0.2) is 38.3 Å². The van der Waals surface area contributed by atoms with Crippen LogP contribution in [0.25, 0.3) is 0 Å². The van der Waals surface area contributed by atoms with Crippen molar-refractivity contribution in [1.82, 2.24) is 15.0 Å². The molecule has 0 radical (unpaired) electrons. The molecule has 100 valence electrons. The van der Waals surface area contributed by atoms with Crippen LogP contribution < -0.4 is 15.8 Å². The Hall–Kier alpha value is -1.63. The fourth-order valence-corrected chi connectivity index (χ4v) is 1.85. The molecule has 0 unspecified atom stereocenters. The lowest BCUT2D eigenvalue weighted by Crippen LogP contribution is -2.48. The lowest BCUT2D eigenvalue weighted by atomic mass is 9.77. The van der Waals surface area contributed by atoms with Crippen LogP contribution in [0.15, 0.2) is 0 Å². The molecule has 0 aliphatic heterocycles. The lowest BCUT2D eigenvalue weighted by molar-refractivity contribution is 0.143. The second-order valence-electron chi connectivity index (χ2n) is 4.88. The predicted molar refractivity (Wildman–Crippen MR) is 67.3 cm³/mol. The van der Waals surface area contributed by atoms with Crippen LogP contribution in [0, 0.1) is 0 Å². The number of rotatable bonds is 5. The molecule has 1 aromatic rings. The van der Waals surface area contributed by atoms with Crippen molar-refractivity contribution < 1.29 is 9.84 Å². The third-order valence-corrected chi connectivity index (χ3v) is 2.96. The van der Waals surface area contributed by atoms with Crippen LogP contribution >= 0.6 is 0 Å². The summed E-state index contributed by atoms with van der Waals surface area (Å²) in [5.74, 6) is 0.461. The van der Waals surface area contributed by atoms with E-state index in [9.17, 15) is 5.11 Å². The Morgan fingerprint density at radius 3 is 2.61 bits per heavy atom. The van der Waals surface area contributed by atoms with Crippen LogP contribution in [0.2, 0.25) is 0 Å². The van der Waals surface area contributed by atoms with Gasteiger partial charge in [-0.15, -0.1) is 0 Å². The molecule has 0 amide bonds. The largest absolute Gasteiger partial charge is 0.461 e. The molecule has 1 aromatic heterocycles. The molecule has 4 N–H and O–H groups in total. The van der Waals surface area contributed by atoms with E-state index in [1.54, 1.807) is 0 Å². The molecule has 7 nitrogen and oxygen atoms in total. The molecular weight excluding hydrogens is 234 g/mol. The summed E-state index contributed by atoms with van der Waals surface area (Å²) in [6.45, 7) is 3.82. The topological polar surface area (TPSA) is 106 Å². The molecule has 1 fully saturated rings. The molecule has 7 heteroatoms. The highest BCUT2D eigenvalue weighted by atomic mass is 16.5. The first-order chi connectivity index (χ1) is 8.53. The van der Waals surface area contributed by atoms with Crippen molar-refractivity contribution in [3.05, 3.63) is 0 Å². The number of nitrogen functional groups attached to an aromatic ring is 1. The average Bonchev–Trinajstić information content (AvgIpc) is 2.21. The zero-order valence-corrected chi connectivity index (χ0v) is 10.7. The fourth-order valence-electron chi connectivity index (χ4n) is 1.85. The summed E-state index contributed by atoms with van der Waals surface area (Å²) in [6.07, 6.45) is 2.85. The van der Waals surface area contributed by atoms with Gasteiger partial charge in [0.25, 0.3) is 0 Å². The number of anilines is 2. The normalized spacial score (nSPS) is 17.3. The Morgan fingerprint density at radius 1 is 1.39 bits per heavy atom. The number of nitrogens with two attached hydrogens (primary N) is 1. The van der Waals surface area contributed by atoms with E-state index in [0.29, 0.717) is 5.95 Å². The zero-order chi connectivity index (χ0) is 13.2. The third-order valence-electron chi connectivity index (χ3n) is 2.96. The van der Waals surface area contributed by atoms with Gasteiger partial charge in [0.1, 0.15) is 0 Å². The van der Waals surface area contributed by atoms with Gasteiger partial charge in [-0.2, -0.15) is 15.0 Å². The summed E-state index contributed by atoms with van der Waals surface area (Å²) in [7, 11) is 0. The van der Waals surface area contributed by atoms with E-state index in [0.717, 1.165) is 19.3 Å². The molecule has 18 heavy (non-hydrogen) atoms. The average molecular weight is 253 g/mol. The minimum Gasteiger partial charge on any atom is -0.461 e. The van der Waals surface area contributed by atoms with Gasteiger partial charge in [0.05, 0.1) is 18.2 Å². The van der Waals surface area contributed by atoms with Crippen molar-refractivity contribution in [2.24, 2.45) is 0 Å². The standard InChI is InChI=1S/C11H19N5O2/c1-7(2)18-10-14-8(12)13-9(15-10)16-11(6-17)4-3-5-11/h7,17H,3-6H2,1-2H3,(H3,12,13,14,15,16). The van der Waals surface area contributed by atoms with Crippen molar-refractivity contribution >= 4 is 11.9 Å². The lowest BCUT2D eigenvalue weighted by Gasteiger charge is -2.40. The van der Waals surface area contributed by atoms with E-state index in [1.807, 2.05) is 13.8 Å². The summed E-state index contributed by atoms with van der Waals surface area (Å²) in [6, 6.07) is 0.201. The Balaban J connectivity index is 2.14. The van der Waals surface area contributed by atoms with Crippen molar-refractivity contribution in [2.45, 2.75) is 44.8 Å². The highest BCUT2D eigenvalue weighted by Gasteiger charge is 2.37. The van der Waals surface area contributed by atoms with Crippen LogP contribution in [0.1, 0.15) is 33.1 Å². The number of nitrogens with one attached hydrogen (secondary N) is 1. The Kier molecular flexibility index (Phi) is 3.51. The second kappa shape index (κ2) is 4.93. The summed E-state index contributed by atoms with van der Waals surface area (Å²) in [4.78, 5) is 12.1. The SMILES string of the molecule is CC(C)Oc1nc(N)nc(NC2(CO)CCC2)n1. The number of hydrogen-bond acceptors (Lipinski definition) is 7. The number of aliphatic hydroxyl groups is 1.